The van der Waals surface area contributed by atoms with Crippen LogP contribution in [0, 0.1) is 5.82 Å². The third-order valence-corrected chi connectivity index (χ3v) is 9.56. The Balaban J connectivity index is 1.68. The summed E-state index contributed by atoms with van der Waals surface area (Å²) >= 11 is 0. The second-order valence-electron chi connectivity index (χ2n) is 12.7. The summed E-state index contributed by atoms with van der Waals surface area (Å²) in [6, 6.07) is 12.4. The number of benzene rings is 2. The molecule has 3 N–H and O–H groups in total. The van der Waals surface area contributed by atoms with E-state index in [1.807, 2.05) is 27.7 Å². The lowest BCUT2D eigenvalue weighted by atomic mass is 9.86. The number of methoxy groups -OCH3 is 1. The van der Waals surface area contributed by atoms with Crippen molar-refractivity contribution in [3.8, 4) is 28.5 Å². The van der Waals surface area contributed by atoms with Crippen LogP contribution in [0.15, 0.2) is 48.5 Å². The van der Waals surface area contributed by atoms with Crippen LogP contribution < -0.4 is 18.9 Å². The Hall–Kier alpha value is -3.38. The van der Waals surface area contributed by atoms with Crippen molar-refractivity contribution in [2.45, 2.75) is 82.8 Å². The number of hydrogen-bond acceptors (Lipinski definition) is 8. The van der Waals surface area contributed by atoms with Gasteiger partial charge < -0.3 is 24.4 Å². The molecule has 9 nitrogen and oxygen atoms in total. The first kappa shape index (κ1) is 34.5. The van der Waals surface area contributed by atoms with Crippen molar-refractivity contribution in [1.29, 1.82) is 0 Å². The van der Waals surface area contributed by atoms with E-state index in [0.29, 0.717) is 51.7 Å². The number of aliphatic hydroxyl groups is 2. The van der Waals surface area contributed by atoms with Gasteiger partial charge in [0.2, 0.25) is 0 Å². The molecule has 0 amide bonds. The molecule has 0 radical (unpaired) electrons. The number of pyridine rings is 1. The van der Waals surface area contributed by atoms with Crippen molar-refractivity contribution < 1.29 is 37.8 Å². The number of ketones is 1. The number of carbonyl (C=O) groups excluding carboxylic acids is 1. The summed E-state index contributed by atoms with van der Waals surface area (Å²) in [7, 11) is 0.0324. The Morgan fingerprint density at radius 1 is 1.16 bits per heavy atom. The number of fused-ring (bicyclic) bond motifs is 1. The quantitative estimate of drug-likeness (QED) is 0.207. The van der Waals surface area contributed by atoms with Crippen LogP contribution in [0.1, 0.15) is 82.4 Å². The molecular formula is C34H43FN2O7S. The summed E-state index contributed by atoms with van der Waals surface area (Å²) in [5.41, 5.74) is 0.0130. The topological polar surface area (TPSA) is 127 Å². The van der Waals surface area contributed by atoms with E-state index in [4.69, 9.17) is 19.2 Å². The van der Waals surface area contributed by atoms with Gasteiger partial charge in [0.15, 0.2) is 23.0 Å². The molecule has 1 aliphatic rings. The van der Waals surface area contributed by atoms with Crippen LogP contribution in [0.25, 0.3) is 11.3 Å². The van der Waals surface area contributed by atoms with Gasteiger partial charge in [0, 0.05) is 23.1 Å². The monoisotopic (exact) mass is 642 g/mol. The Morgan fingerprint density at radius 3 is 2.44 bits per heavy atom. The standard InChI is InChI=1S/C34H43FN2O7S/c1-8-34(37-45(41)32(3,4)5)20-44-31-25(34)18-29(36-30(31)22-9-12-24(35)13-10-22)33(6,40)16-15-26(39)23-11-14-27(28(17-23)42-7)43-19-21(2)38/h9-14,17-18,21,37-38,40H,8,15-16,19-20H2,1-7H3/t21-,33-,34+,45?/m1/s1. The lowest BCUT2D eigenvalue weighted by Crippen LogP contribution is -2.49. The first-order valence-corrected chi connectivity index (χ1v) is 16.1. The van der Waals surface area contributed by atoms with Gasteiger partial charge in [-0.25, -0.2) is 18.3 Å². The first-order valence-electron chi connectivity index (χ1n) is 15.0. The molecule has 1 aromatic heterocycles. The number of hydrogen-bond donors (Lipinski definition) is 3. The summed E-state index contributed by atoms with van der Waals surface area (Å²) < 4.78 is 47.0. The van der Waals surface area contributed by atoms with Crippen LogP contribution in [0.3, 0.4) is 0 Å². The molecule has 11 heteroatoms. The normalized spacial score (nSPS) is 18.8. The molecule has 0 fully saturated rings. The molecule has 0 bridgehead atoms. The highest BCUT2D eigenvalue weighted by Crippen LogP contribution is 2.47. The molecule has 4 rings (SSSR count). The zero-order chi connectivity index (χ0) is 33.2. The van der Waals surface area contributed by atoms with Crippen molar-refractivity contribution in [3.05, 3.63) is 71.2 Å². The summed E-state index contributed by atoms with van der Waals surface area (Å²) in [4.78, 5) is 18.1. The van der Waals surface area contributed by atoms with Gasteiger partial charge >= 0.3 is 0 Å². The number of nitrogens with zero attached hydrogens (tertiary/aromatic N) is 1. The molecule has 2 aromatic carbocycles. The van der Waals surface area contributed by atoms with Gasteiger partial charge in [-0.3, -0.25) is 4.79 Å². The second-order valence-corrected chi connectivity index (χ2v) is 14.6. The van der Waals surface area contributed by atoms with E-state index in [0.717, 1.165) is 0 Å². The fraction of sp³-hybridized carbons (Fsp3) is 0.471. The van der Waals surface area contributed by atoms with Crippen LogP contribution in [-0.4, -0.2) is 56.4 Å². The number of aliphatic hydroxyl groups excluding tert-OH is 1. The zero-order valence-corrected chi connectivity index (χ0v) is 27.7. The van der Waals surface area contributed by atoms with E-state index in [2.05, 4.69) is 4.72 Å². The molecule has 0 saturated heterocycles. The van der Waals surface area contributed by atoms with Gasteiger partial charge in [-0.15, -0.1) is 0 Å². The number of halogens is 1. The maximum Gasteiger partial charge on any atom is 0.163 e. The fourth-order valence-corrected chi connectivity index (χ4v) is 5.94. The molecule has 4 atom stereocenters. The average Bonchev–Trinajstić information content (AvgIpc) is 3.36. The van der Waals surface area contributed by atoms with Crippen LogP contribution in [-0.2, 0) is 22.1 Å². The minimum absolute atomic E-state index is 0.00358. The third kappa shape index (κ3) is 7.71. The van der Waals surface area contributed by atoms with Crippen molar-refractivity contribution in [2.24, 2.45) is 0 Å². The van der Waals surface area contributed by atoms with Crippen molar-refractivity contribution in [2.75, 3.05) is 20.3 Å². The van der Waals surface area contributed by atoms with Gasteiger partial charge in [0.1, 0.15) is 30.3 Å². The van der Waals surface area contributed by atoms with Gasteiger partial charge in [-0.1, -0.05) is 6.92 Å². The Kier molecular flexibility index (Phi) is 10.4. The highest BCUT2D eigenvalue weighted by molar-refractivity contribution is 7.84. The lowest BCUT2D eigenvalue weighted by Gasteiger charge is -2.32. The SMILES string of the molecule is CC[C@]1(NS(=O)C(C)(C)C)COc2c1cc([C@](C)(O)CCC(=O)c1ccc(OC[C@@H](C)O)c(OC)c1)nc2-c1ccc(F)cc1. The van der Waals surface area contributed by atoms with E-state index in [1.165, 1.54) is 19.2 Å². The summed E-state index contributed by atoms with van der Waals surface area (Å²) in [6.07, 6.45) is -0.0889. The third-order valence-electron chi connectivity index (χ3n) is 7.87. The predicted octanol–water partition coefficient (Wildman–Crippen LogP) is 5.58. The van der Waals surface area contributed by atoms with Crippen LogP contribution in [0.2, 0.25) is 0 Å². The van der Waals surface area contributed by atoms with Crippen LogP contribution in [0.4, 0.5) is 4.39 Å². The van der Waals surface area contributed by atoms with Crippen LogP contribution >= 0.6 is 0 Å². The first-order chi connectivity index (χ1) is 21.1. The number of carbonyl (C=O) groups is 1. The molecule has 2 heterocycles. The number of rotatable bonds is 13. The zero-order valence-electron chi connectivity index (χ0n) is 26.9. The fourth-order valence-electron chi connectivity index (χ4n) is 4.97. The Bertz CT molecular complexity index is 1550. The van der Waals surface area contributed by atoms with Gasteiger partial charge in [0.25, 0.3) is 0 Å². The lowest BCUT2D eigenvalue weighted by molar-refractivity contribution is 0.0396. The smallest absolute Gasteiger partial charge is 0.163 e. The minimum Gasteiger partial charge on any atom is -0.493 e. The van der Waals surface area contributed by atoms with E-state index < -0.39 is 38.8 Å². The van der Waals surface area contributed by atoms with Crippen LogP contribution in [0.5, 0.6) is 17.2 Å². The van der Waals surface area contributed by atoms with E-state index in [1.54, 1.807) is 50.2 Å². The van der Waals surface area contributed by atoms with Crippen molar-refractivity contribution in [3.63, 3.8) is 0 Å². The average molecular weight is 643 g/mol. The second kappa shape index (κ2) is 13.5. The molecule has 1 unspecified atom stereocenters. The number of ether oxygens (including phenoxy) is 3. The maximum atomic E-state index is 13.8. The molecule has 0 spiro atoms. The Morgan fingerprint density at radius 2 is 1.84 bits per heavy atom. The molecule has 0 saturated carbocycles. The molecule has 1 aliphatic heterocycles. The minimum atomic E-state index is -1.55. The summed E-state index contributed by atoms with van der Waals surface area (Å²) in [6.45, 7) is 11.1. The molecule has 244 valence electrons. The summed E-state index contributed by atoms with van der Waals surface area (Å²) in [5.74, 6) is 0.614. The van der Waals surface area contributed by atoms with Crippen molar-refractivity contribution in [1.82, 2.24) is 9.71 Å². The van der Waals surface area contributed by atoms with Gasteiger partial charge in [-0.05, 0) is 96.0 Å². The van der Waals surface area contributed by atoms with Crippen molar-refractivity contribution >= 4 is 16.8 Å². The Labute approximate surface area is 266 Å². The van der Waals surface area contributed by atoms with Gasteiger partial charge in [0.05, 0.1) is 40.2 Å². The molecule has 0 aliphatic carbocycles. The van der Waals surface area contributed by atoms with Gasteiger partial charge in [-0.2, -0.15) is 0 Å². The largest absolute Gasteiger partial charge is 0.493 e. The summed E-state index contributed by atoms with van der Waals surface area (Å²) in [5, 5.41) is 21.3. The highest BCUT2D eigenvalue weighted by atomic mass is 32.2. The molecule has 45 heavy (non-hydrogen) atoms. The number of Topliss-reactive ketones (excluding diaryl/α,β-unsaturated/α-hetero) is 1. The molecule has 3 aromatic rings. The predicted molar refractivity (Wildman–Crippen MR) is 171 cm³/mol. The highest BCUT2D eigenvalue weighted by Gasteiger charge is 2.45. The van der Waals surface area contributed by atoms with E-state index in [9.17, 15) is 23.6 Å². The number of nitrogens with one attached hydrogen (secondary N) is 1. The maximum absolute atomic E-state index is 13.8. The number of aromatic nitrogens is 1. The van der Waals surface area contributed by atoms with E-state index in [-0.39, 0.29) is 31.8 Å². The van der Waals surface area contributed by atoms with E-state index >= 15 is 0 Å². The molecular weight excluding hydrogens is 599 g/mol.